The van der Waals surface area contributed by atoms with Gasteiger partial charge in [0, 0.05) is 13.6 Å². The molecule has 0 atom stereocenters. The Kier molecular flexibility index (Phi) is 6.20. The summed E-state index contributed by atoms with van der Waals surface area (Å²) in [6.45, 7) is 4.39. The molecule has 0 aliphatic carbocycles. The highest BCUT2D eigenvalue weighted by molar-refractivity contribution is 9.11. The van der Waals surface area contributed by atoms with Gasteiger partial charge in [0.05, 0.1) is 8.95 Å². The zero-order chi connectivity index (χ0) is 15.2. The van der Waals surface area contributed by atoms with Gasteiger partial charge in [-0.05, 0) is 62.5 Å². The second-order valence-corrected chi connectivity index (χ2v) is 6.42. The van der Waals surface area contributed by atoms with Gasteiger partial charge in [-0.15, -0.1) is 10.2 Å². The third-order valence-corrected chi connectivity index (χ3v) is 4.14. The van der Waals surface area contributed by atoms with Crippen LogP contribution in [-0.2, 0) is 20.2 Å². The molecule has 0 radical (unpaired) electrons. The van der Waals surface area contributed by atoms with Crippen LogP contribution in [0.5, 0.6) is 5.75 Å². The molecule has 0 unspecified atom stereocenters. The minimum atomic E-state index is 0.376. The molecule has 1 aromatic carbocycles. The van der Waals surface area contributed by atoms with Gasteiger partial charge in [-0.25, -0.2) is 0 Å². The molecule has 0 amide bonds. The predicted octanol–water partition coefficient (Wildman–Crippen LogP) is 3.42. The topological polar surface area (TPSA) is 52.0 Å². The van der Waals surface area contributed by atoms with Crippen molar-refractivity contribution in [3.63, 3.8) is 0 Å². The molecule has 0 saturated carbocycles. The molecule has 0 fully saturated rings. The molecular weight excluding hydrogens is 400 g/mol. The standard InChI is InChI=1S/C14H18Br2N4O/c1-3-4-17-7-10-5-11(15)14(12(16)6-10)21-8-13-19-18-9-20(13)2/h5-6,9,17H,3-4,7-8H2,1-2H3. The number of ether oxygens (including phenoxy) is 1. The van der Waals surface area contributed by atoms with Crippen molar-refractivity contribution in [3.05, 3.63) is 38.8 Å². The number of aromatic nitrogens is 3. The van der Waals surface area contributed by atoms with Crippen LogP contribution in [0.15, 0.2) is 27.4 Å². The molecule has 0 saturated heterocycles. The monoisotopic (exact) mass is 416 g/mol. The summed E-state index contributed by atoms with van der Waals surface area (Å²) in [6.07, 6.45) is 2.78. The van der Waals surface area contributed by atoms with Crippen LogP contribution in [0.4, 0.5) is 0 Å². The molecule has 0 aliphatic heterocycles. The van der Waals surface area contributed by atoms with Crippen LogP contribution in [0.3, 0.4) is 0 Å². The van der Waals surface area contributed by atoms with Crippen molar-refractivity contribution < 1.29 is 4.74 Å². The van der Waals surface area contributed by atoms with Gasteiger partial charge in [0.25, 0.3) is 0 Å². The Bertz CT molecular complexity index is 577. The molecule has 1 heterocycles. The van der Waals surface area contributed by atoms with E-state index in [4.69, 9.17) is 4.74 Å². The lowest BCUT2D eigenvalue weighted by Gasteiger charge is -2.12. The third-order valence-electron chi connectivity index (χ3n) is 2.96. The number of aryl methyl sites for hydroxylation is 1. The molecule has 114 valence electrons. The van der Waals surface area contributed by atoms with Gasteiger partial charge in [0.15, 0.2) is 5.82 Å². The Morgan fingerprint density at radius 2 is 2.00 bits per heavy atom. The van der Waals surface area contributed by atoms with Crippen molar-refractivity contribution in [1.82, 2.24) is 20.1 Å². The summed E-state index contributed by atoms with van der Waals surface area (Å²) in [5.41, 5.74) is 1.20. The fourth-order valence-electron chi connectivity index (χ4n) is 1.84. The third kappa shape index (κ3) is 4.52. The molecule has 2 rings (SSSR count). The normalized spacial score (nSPS) is 10.9. The molecule has 7 heteroatoms. The summed E-state index contributed by atoms with van der Waals surface area (Å²) in [5, 5.41) is 11.2. The highest BCUT2D eigenvalue weighted by atomic mass is 79.9. The van der Waals surface area contributed by atoms with E-state index in [0.717, 1.165) is 40.0 Å². The summed E-state index contributed by atoms with van der Waals surface area (Å²) in [6, 6.07) is 4.14. The van der Waals surface area contributed by atoms with Crippen LogP contribution < -0.4 is 10.1 Å². The van der Waals surface area contributed by atoms with E-state index < -0.39 is 0 Å². The maximum Gasteiger partial charge on any atom is 0.170 e. The van der Waals surface area contributed by atoms with E-state index in [0.29, 0.717) is 6.61 Å². The highest BCUT2D eigenvalue weighted by Crippen LogP contribution is 2.35. The number of hydrogen-bond acceptors (Lipinski definition) is 4. The maximum atomic E-state index is 5.84. The molecule has 0 spiro atoms. The molecule has 1 N–H and O–H groups in total. The first-order valence-corrected chi connectivity index (χ1v) is 8.34. The molecular formula is C14H18Br2N4O. The minimum Gasteiger partial charge on any atom is -0.483 e. The van der Waals surface area contributed by atoms with Crippen molar-refractivity contribution in [1.29, 1.82) is 0 Å². The first-order valence-electron chi connectivity index (χ1n) is 6.76. The summed E-state index contributed by atoms with van der Waals surface area (Å²) in [4.78, 5) is 0. The second kappa shape index (κ2) is 7.91. The first kappa shape index (κ1) is 16.5. The van der Waals surface area contributed by atoms with E-state index in [1.54, 1.807) is 6.33 Å². The van der Waals surface area contributed by atoms with Crippen molar-refractivity contribution >= 4 is 31.9 Å². The molecule has 1 aromatic heterocycles. The van der Waals surface area contributed by atoms with Gasteiger partial charge in [0.1, 0.15) is 18.7 Å². The summed E-state index contributed by atoms with van der Waals surface area (Å²) in [7, 11) is 1.89. The number of halogens is 2. The van der Waals surface area contributed by atoms with Gasteiger partial charge in [-0.1, -0.05) is 6.92 Å². The summed E-state index contributed by atoms with van der Waals surface area (Å²) in [5.74, 6) is 1.56. The Morgan fingerprint density at radius 1 is 1.29 bits per heavy atom. The zero-order valence-electron chi connectivity index (χ0n) is 12.1. The number of hydrogen-bond donors (Lipinski definition) is 1. The smallest absolute Gasteiger partial charge is 0.170 e. The van der Waals surface area contributed by atoms with Gasteiger partial charge in [-0.2, -0.15) is 0 Å². The van der Waals surface area contributed by atoms with Gasteiger partial charge < -0.3 is 14.6 Å². The van der Waals surface area contributed by atoms with E-state index in [2.05, 4.69) is 66.4 Å². The lowest BCUT2D eigenvalue weighted by molar-refractivity contribution is 0.287. The Labute approximate surface area is 141 Å². The van der Waals surface area contributed by atoms with E-state index in [9.17, 15) is 0 Å². The number of nitrogens with zero attached hydrogens (tertiary/aromatic N) is 3. The van der Waals surface area contributed by atoms with Crippen molar-refractivity contribution in [2.75, 3.05) is 6.54 Å². The molecule has 0 bridgehead atoms. The van der Waals surface area contributed by atoms with Crippen LogP contribution in [0.1, 0.15) is 24.7 Å². The Balaban J connectivity index is 2.04. The van der Waals surface area contributed by atoms with Gasteiger partial charge >= 0.3 is 0 Å². The fourth-order valence-corrected chi connectivity index (χ4v) is 3.35. The predicted molar refractivity (Wildman–Crippen MR) is 89.2 cm³/mol. The van der Waals surface area contributed by atoms with Crippen LogP contribution in [0.25, 0.3) is 0 Å². The second-order valence-electron chi connectivity index (χ2n) is 4.71. The molecule has 21 heavy (non-hydrogen) atoms. The maximum absolute atomic E-state index is 5.84. The SMILES string of the molecule is CCCNCc1cc(Br)c(OCc2nncn2C)c(Br)c1. The van der Waals surface area contributed by atoms with Crippen LogP contribution >= 0.6 is 31.9 Å². The first-order chi connectivity index (χ1) is 10.1. The fraction of sp³-hybridized carbons (Fsp3) is 0.429. The van der Waals surface area contributed by atoms with Crippen LogP contribution in [-0.4, -0.2) is 21.3 Å². The Hall–Kier alpha value is -0.920. The number of benzene rings is 1. The molecule has 0 aliphatic rings. The van der Waals surface area contributed by atoms with Gasteiger partial charge in [-0.3, -0.25) is 0 Å². The van der Waals surface area contributed by atoms with E-state index in [1.165, 1.54) is 5.56 Å². The van der Waals surface area contributed by atoms with Gasteiger partial charge in [0.2, 0.25) is 0 Å². The van der Waals surface area contributed by atoms with E-state index in [-0.39, 0.29) is 0 Å². The number of rotatable bonds is 7. The van der Waals surface area contributed by atoms with Crippen LogP contribution in [0.2, 0.25) is 0 Å². The lowest BCUT2D eigenvalue weighted by Crippen LogP contribution is -2.13. The average molecular weight is 418 g/mol. The highest BCUT2D eigenvalue weighted by Gasteiger charge is 2.11. The lowest BCUT2D eigenvalue weighted by atomic mass is 10.2. The molecule has 2 aromatic rings. The summed E-state index contributed by atoms with van der Waals surface area (Å²) >= 11 is 7.13. The quantitative estimate of drug-likeness (QED) is 0.701. The average Bonchev–Trinajstić information content (AvgIpc) is 2.84. The van der Waals surface area contributed by atoms with Crippen LogP contribution in [0, 0.1) is 0 Å². The van der Waals surface area contributed by atoms with E-state index in [1.807, 2.05) is 11.6 Å². The summed E-state index contributed by atoms with van der Waals surface area (Å²) < 4.78 is 9.52. The van der Waals surface area contributed by atoms with Crippen molar-refractivity contribution in [3.8, 4) is 5.75 Å². The largest absolute Gasteiger partial charge is 0.483 e. The molecule has 5 nitrogen and oxygen atoms in total. The van der Waals surface area contributed by atoms with E-state index >= 15 is 0 Å². The van der Waals surface area contributed by atoms with Crippen molar-refractivity contribution in [2.24, 2.45) is 7.05 Å². The number of nitrogens with one attached hydrogen (secondary N) is 1. The minimum absolute atomic E-state index is 0.376. The van der Waals surface area contributed by atoms with Crippen molar-refractivity contribution in [2.45, 2.75) is 26.5 Å². The zero-order valence-corrected chi connectivity index (χ0v) is 15.2. The Morgan fingerprint density at radius 3 is 2.57 bits per heavy atom.